The summed E-state index contributed by atoms with van der Waals surface area (Å²) in [6, 6.07) is 7.54. The van der Waals surface area contributed by atoms with Gasteiger partial charge in [0.05, 0.1) is 0 Å². The van der Waals surface area contributed by atoms with Crippen LogP contribution in [-0.4, -0.2) is 6.16 Å². The van der Waals surface area contributed by atoms with Crippen molar-refractivity contribution in [2.45, 2.75) is 13.8 Å². The number of hydrogen-bond donors (Lipinski definition) is 0. The van der Waals surface area contributed by atoms with Crippen molar-refractivity contribution in [3.8, 4) is 5.75 Å². The maximum Gasteiger partial charge on any atom is 0.555 e. The van der Waals surface area contributed by atoms with Gasteiger partial charge in [0.25, 0.3) is 0 Å². The molecule has 0 heterocycles. The quantitative estimate of drug-likeness (QED) is 0.673. The molecular formula is C9H12O2P+. The molecule has 0 radical (unpaired) electrons. The van der Waals surface area contributed by atoms with Crippen molar-refractivity contribution in [3.63, 3.8) is 0 Å². The van der Waals surface area contributed by atoms with Gasteiger partial charge in [-0.1, -0.05) is 17.7 Å². The Hall–Kier alpha value is -0.880. The monoisotopic (exact) mass is 183 g/mol. The summed E-state index contributed by atoms with van der Waals surface area (Å²) >= 11 is 0. The minimum Gasteiger partial charge on any atom is -0.254 e. The first-order valence-corrected chi connectivity index (χ1v) is 5.28. The molecule has 0 aliphatic heterocycles. The summed E-state index contributed by atoms with van der Waals surface area (Å²) in [6.45, 7) is 3.84. The van der Waals surface area contributed by atoms with E-state index in [1.54, 1.807) is 0 Å². The van der Waals surface area contributed by atoms with Crippen LogP contribution in [0.2, 0.25) is 0 Å². The fourth-order valence-electron chi connectivity index (χ4n) is 0.781. The molecule has 0 N–H and O–H groups in total. The van der Waals surface area contributed by atoms with Crippen molar-refractivity contribution in [1.29, 1.82) is 0 Å². The highest BCUT2D eigenvalue weighted by atomic mass is 31.1. The van der Waals surface area contributed by atoms with E-state index in [1.807, 2.05) is 38.1 Å². The molecule has 0 aromatic heterocycles. The second-order valence-electron chi connectivity index (χ2n) is 2.55. The normalized spacial score (nSPS) is 11.0. The van der Waals surface area contributed by atoms with E-state index in [0.717, 1.165) is 0 Å². The first-order chi connectivity index (χ1) is 5.72. The molecule has 0 spiro atoms. The molecule has 0 saturated heterocycles. The Morgan fingerprint density at radius 1 is 1.33 bits per heavy atom. The van der Waals surface area contributed by atoms with Crippen molar-refractivity contribution in [1.82, 2.24) is 0 Å². The van der Waals surface area contributed by atoms with Crippen LogP contribution in [0.25, 0.3) is 0 Å². The fraction of sp³-hybridized carbons (Fsp3) is 0.333. The van der Waals surface area contributed by atoms with Crippen LogP contribution < -0.4 is 4.52 Å². The summed E-state index contributed by atoms with van der Waals surface area (Å²) in [5.74, 6) is 0.684. The van der Waals surface area contributed by atoms with Gasteiger partial charge in [-0.15, -0.1) is 0 Å². The largest absolute Gasteiger partial charge is 0.555 e. The Kier molecular flexibility index (Phi) is 3.24. The second kappa shape index (κ2) is 4.22. The van der Waals surface area contributed by atoms with Crippen LogP contribution in [0.5, 0.6) is 5.75 Å². The molecule has 1 rings (SSSR count). The maximum atomic E-state index is 11.0. The molecule has 0 fully saturated rings. The summed E-state index contributed by atoms with van der Waals surface area (Å²) in [4.78, 5) is 0. The first kappa shape index (κ1) is 9.21. The molecule has 64 valence electrons. The lowest BCUT2D eigenvalue weighted by Gasteiger charge is -1.93. The van der Waals surface area contributed by atoms with E-state index in [1.165, 1.54) is 5.56 Å². The van der Waals surface area contributed by atoms with Crippen molar-refractivity contribution < 1.29 is 9.09 Å². The van der Waals surface area contributed by atoms with Crippen molar-refractivity contribution in [3.05, 3.63) is 29.8 Å². The fourth-order valence-corrected chi connectivity index (χ4v) is 1.27. The molecule has 0 saturated carbocycles. The van der Waals surface area contributed by atoms with Gasteiger partial charge in [-0.2, -0.15) is 0 Å². The van der Waals surface area contributed by atoms with Crippen molar-refractivity contribution in [2.75, 3.05) is 6.16 Å². The summed E-state index contributed by atoms with van der Waals surface area (Å²) in [5, 5.41) is 0. The van der Waals surface area contributed by atoms with Crippen molar-refractivity contribution >= 4 is 8.03 Å². The SMILES string of the molecule is CC[P+](=O)Oc1ccc(C)cc1. The van der Waals surface area contributed by atoms with Gasteiger partial charge in [-0.3, -0.25) is 4.52 Å². The Balaban J connectivity index is 2.64. The van der Waals surface area contributed by atoms with E-state index in [4.69, 9.17) is 4.52 Å². The molecule has 0 aliphatic carbocycles. The van der Waals surface area contributed by atoms with Gasteiger partial charge in [0.15, 0.2) is 11.9 Å². The van der Waals surface area contributed by atoms with Gasteiger partial charge < -0.3 is 0 Å². The number of benzene rings is 1. The standard InChI is InChI=1S/C9H12O2P/c1-3-12(10)11-9-6-4-8(2)5-7-9/h4-7H,3H2,1-2H3/q+1. The average molecular weight is 183 g/mol. The average Bonchev–Trinajstić information content (AvgIpc) is 2.09. The lowest BCUT2D eigenvalue weighted by molar-refractivity contribution is 0.506. The van der Waals surface area contributed by atoms with E-state index >= 15 is 0 Å². The number of hydrogen-bond acceptors (Lipinski definition) is 2. The highest BCUT2D eigenvalue weighted by Gasteiger charge is 2.13. The van der Waals surface area contributed by atoms with Gasteiger partial charge >= 0.3 is 8.03 Å². The molecule has 12 heavy (non-hydrogen) atoms. The molecular weight excluding hydrogens is 171 g/mol. The van der Waals surface area contributed by atoms with Gasteiger partial charge in [0.1, 0.15) is 0 Å². The molecule has 0 amide bonds. The van der Waals surface area contributed by atoms with Crippen LogP contribution in [0.1, 0.15) is 12.5 Å². The van der Waals surface area contributed by atoms with E-state index in [2.05, 4.69) is 0 Å². The molecule has 0 aliphatic rings. The molecule has 0 bridgehead atoms. The molecule has 3 heteroatoms. The predicted molar refractivity (Wildman–Crippen MR) is 50.0 cm³/mol. The van der Waals surface area contributed by atoms with E-state index in [9.17, 15) is 4.57 Å². The van der Waals surface area contributed by atoms with Crippen LogP contribution in [0.15, 0.2) is 24.3 Å². The van der Waals surface area contributed by atoms with Crippen LogP contribution in [0.3, 0.4) is 0 Å². The van der Waals surface area contributed by atoms with Crippen LogP contribution in [0.4, 0.5) is 0 Å². The Morgan fingerprint density at radius 3 is 2.42 bits per heavy atom. The first-order valence-electron chi connectivity index (χ1n) is 3.91. The van der Waals surface area contributed by atoms with E-state index in [-0.39, 0.29) is 0 Å². The minimum atomic E-state index is -1.51. The zero-order valence-corrected chi connectivity index (χ0v) is 8.17. The predicted octanol–water partition coefficient (Wildman–Crippen LogP) is 3.14. The topological polar surface area (TPSA) is 26.3 Å². The molecule has 2 nitrogen and oxygen atoms in total. The molecule has 1 aromatic carbocycles. The highest BCUT2D eigenvalue weighted by Crippen LogP contribution is 2.25. The zero-order chi connectivity index (χ0) is 8.97. The maximum absolute atomic E-state index is 11.0. The third-order valence-corrected chi connectivity index (χ3v) is 2.42. The van der Waals surface area contributed by atoms with Gasteiger partial charge in [-0.25, -0.2) is 0 Å². The Bertz CT molecular complexity index is 266. The van der Waals surface area contributed by atoms with Gasteiger partial charge in [-0.05, 0) is 30.5 Å². The van der Waals surface area contributed by atoms with Gasteiger partial charge in [0, 0.05) is 0 Å². The summed E-state index contributed by atoms with van der Waals surface area (Å²) in [6.07, 6.45) is 0.559. The molecule has 1 aromatic rings. The third-order valence-electron chi connectivity index (χ3n) is 1.49. The third kappa shape index (κ3) is 2.63. The summed E-state index contributed by atoms with van der Waals surface area (Å²) in [7, 11) is -1.51. The van der Waals surface area contributed by atoms with E-state index < -0.39 is 8.03 Å². The van der Waals surface area contributed by atoms with E-state index in [0.29, 0.717) is 11.9 Å². The number of aryl methyl sites for hydroxylation is 1. The highest BCUT2D eigenvalue weighted by molar-refractivity contribution is 7.39. The van der Waals surface area contributed by atoms with Crippen molar-refractivity contribution in [2.24, 2.45) is 0 Å². The Labute approximate surface area is 73.4 Å². The lowest BCUT2D eigenvalue weighted by atomic mass is 10.2. The number of rotatable bonds is 3. The Morgan fingerprint density at radius 2 is 1.92 bits per heavy atom. The smallest absolute Gasteiger partial charge is 0.254 e. The second-order valence-corrected chi connectivity index (χ2v) is 4.03. The summed E-state index contributed by atoms with van der Waals surface area (Å²) < 4.78 is 16.1. The summed E-state index contributed by atoms with van der Waals surface area (Å²) in [5.41, 5.74) is 1.18. The zero-order valence-electron chi connectivity index (χ0n) is 7.28. The van der Waals surface area contributed by atoms with Crippen LogP contribution >= 0.6 is 8.03 Å². The minimum absolute atomic E-state index is 0.559. The van der Waals surface area contributed by atoms with Gasteiger partial charge in [0.2, 0.25) is 0 Å². The van der Waals surface area contributed by atoms with Crippen LogP contribution in [-0.2, 0) is 4.57 Å². The molecule has 1 atom stereocenters. The van der Waals surface area contributed by atoms with Crippen LogP contribution in [0, 0.1) is 6.92 Å². The lowest BCUT2D eigenvalue weighted by Crippen LogP contribution is -1.82. The molecule has 1 unspecified atom stereocenters.